The second-order valence-corrected chi connectivity index (χ2v) is 5.80. The van der Waals surface area contributed by atoms with Crippen LogP contribution in [0.15, 0.2) is 52.1 Å². The number of aliphatic imine (C=N–C) groups is 1. The molecule has 0 aliphatic rings. The predicted octanol–water partition coefficient (Wildman–Crippen LogP) is 3.52. The van der Waals surface area contributed by atoms with Gasteiger partial charge in [-0.2, -0.15) is 0 Å². The summed E-state index contributed by atoms with van der Waals surface area (Å²) in [7, 11) is 5.79. The summed E-state index contributed by atoms with van der Waals surface area (Å²) in [6, 6.07) is 11.8. The van der Waals surface area contributed by atoms with Gasteiger partial charge in [0, 0.05) is 25.2 Å². The monoisotopic (exact) mass is 462 g/mol. The molecular formula is C17H24ClIN4O. The molecule has 0 spiro atoms. The minimum atomic E-state index is 0. The summed E-state index contributed by atoms with van der Waals surface area (Å²) in [6.45, 7) is 1.30. The van der Waals surface area contributed by atoms with Crippen LogP contribution in [0.2, 0.25) is 5.02 Å². The zero-order chi connectivity index (χ0) is 16.7. The van der Waals surface area contributed by atoms with E-state index in [1.165, 1.54) is 0 Å². The maximum absolute atomic E-state index is 6.17. The summed E-state index contributed by atoms with van der Waals surface area (Å²) in [5, 5.41) is 7.34. The van der Waals surface area contributed by atoms with Gasteiger partial charge >= 0.3 is 0 Å². The molecule has 2 rings (SSSR count). The van der Waals surface area contributed by atoms with E-state index in [9.17, 15) is 0 Å². The number of halogens is 2. The first kappa shape index (κ1) is 20.8. The highest BCUT2D eigenvalue weighted by Gasteiger charge is 2.17. The minimum absolute atomic E-state index is 0. The molecule has 2 N–H and O–H groups in total. The van der Waals surface area contributed by atoms with E-state index in [0.29, 0.717) is 13.1 Å². The molecule has 0 aliphatic carbocycles. The van der Waals surface area contributed by atoms with Crippen molar-refractivity contribution in [2.24, 2.45) is 4.99 Å². The molecule has 5 nitrogen and oxygen atoms in total. The molecule has 0 aliphatic heterocycles. The summed E-state index contributed by atoms with van der Waals surface area (Å²) in [5.74, 6) is 1.65. The molecule has 7 heteroatoms. The molecule has 0 saturated heterocycles. The fourth-order valence-electron chi connectivity index (χ4n) is 2.25. The van der Waals surface area contributed by atoms with Gasteiger partial charge in [0.25, 0.3) is 0 Å². The Balaban J connectivity index is 0.00000288. The van der Waals surface area contributed by atoms with Crippen LogP contribution in [0.3, 0.4) is 0 Å². The van der Waals surface area contributed by atoms with Gasteiger partial charge in [-0.1, -0.05) is 29.8 Å². The lowest BCUT2D eigenvalue weighted by atomic mass is 10.2. The SMILES string of the molecule is CN=C(NCc1ccccc1Cl)NCC(c1ccco1)N(C)C.I. The number of rotatable bonds is 6. The molecule has 0 radical (unpaired) electrons. The van der Waals surface area contributed by atoms with Crippen molar-refractivity contribution >= 4 is 41.5 Å². The predicted molar refractivity (Wildman–Crippen MR) is 110 cm³/mol. The molecule has 0 saturated carbocycles. The fraction of sp³-hybridized carbons (Fsp3) is 0.353. The fourth-order valence-corrected chi connectivity index (χ4v) is 2.46. The summed E-state index contributed by atoms with van der Waals surface area (Å²) in [6.07, 6.45) is 1.69. The van der Waals surface area contributed by atoms with Crippen molar-refractivity contribution in [2.75, 3.05) is 27.7 Å². The Labute approximate surface area is 165 Å². The Morgan fingerprint density at radius 1 is 1.21 bits per heavy atom. The number of hydrogen-bond donors (Lipinski definition) is 2. The van der Waals surface area contributed by atoms with Gasteiger partial charge < -0.3 is 15.1 Å². The third kappa shape index (κ3) is 5.99. The van der Waals surface area contributed by atoms with Crippen LogP contribution in [0.1, 0.15) is 17.4 Å². The normalized spacial score (nSPS) is 12.6. The Morgan fingerprint density at radius 3 is 2.54 bits per heavy atom. The average Bonchev–Trinajstić information content (AvgIpc) is 3.05. The van der Waals surface area contributed by atoms with E-state index in [2.05, 4.69) is 20.5 Å². The van der Waals surface area contributed by atoms with Gasteiger partial charge in [0.2, 0.25) is 0 Å². The highest BCUT2D eigenvalue weighted by molar-refractivity contribution is 14.0. The van der Waals surface area contributed by atoms with Crippen molar-refractivity contribution in [3.8, 4) is 0 Å². The average molecular weight is 463 g/mol. The molecule has 1 unspecified atom stereocenters. The zero-order valence-electron chi connectivity index (χ0n) is 14.1. The Kier molecular flexibility index (Phi) is 9.17. The van der Waals surface area contributed by atoms with Crippen molar-refractivity contribution in [3.63, 3.8) is 0 Å². The zero-order valence-corrected chi connectivity index (χ0v) is 17.2. The number of guanidine groups is 1. The van der Waals surface area contributed by atoms with Crippen molar-refractivity contribution in [1.82, 2.24) is 15.5 Å². The van der Waals surface area contributed by atoms with Crippen LogP contribution in [-0.4, -0.2) is 38.5 Å². The van der Waals surface area contributed by atoms with Gasteiger partial charge in [-0.05, 0) is 37.9 Å². The number of nitrogens with one attached hydrogen (secondary N) is 2. The van der Waals surface area contributed by atoms with Gasteiger partial charge in [0.05, 0.1) is 12.3 Å². The van der Waals surface area contributed by atoms with E-state index in [-0.39, 0.29) is 30.0 Å². The maximum atomic E-state index is 6.17. The van der Waals surface area contributed by atoms with Gasteiger partial charge in [-0.25, -0.2) is 0 Å². The molecule has 24 heavy (non-hydrogen) atoms. The smallest absolute Gasteiger partial charge is 0.191 e. The highest BCUT2D eigenvalue weighted by atomic mass is 127. The Hall–Kier alpha value is -1.25. The van der Waals surface area contributed by atoms with Crippen molar-refractivity contribution < 1.29 is 4.42 Å². The van der Waals surface area contributed by atoms with Crippen molar-refractivity contribution in [3.05, 3.63) is 59.0 Å². The topological polar surface area (TPSA) is 52.8 Å². The van der Waals surface area contributed by atoms with Gasteiger partial charge in [-0.3, -0.25) is 9.89 Å². The molecule has 0 amide bonds. The summed E-state index contributed by atoms with van der Waals surface area (Å²) >= 11 is 6.17. The molecule has 1 aromatic heterocycles. The van der Waals surface area contributed by atoms with Crippen LogP contribution in [0, 0.1) is 0 Å². The van der Waals surface area contributed by atoms with E-state index < -0.39 is 0 Å². The number of likely N-dealkylation sites (N-methyl/N-ethyl adjacent to an activating group) is 1. The lowest BCUT2D eigenvalue weighted by molar-refractivity contribution is 0.258. The first-order valence-corrected chi connectivity index (χ1v) is 7.87. The summed E-state index contributed by atoms with van der Waals surface area (Å²) < 4.78 is 5.51. The van der Waals surface area contributed by atoms with Crippen LogP contribution in [0.4, 0.5) is 0 Å². The molecule has 1 aromatic carbocycles. The summed E-state index contributed by atoms with van der Waals surface area (Å²) in [4.78, 5) is 6.35. The number of furan rings is 1. The second kappa shape index (κ2) is 10.6. The third-order valence-corrected chi connectivity index (χ3v) is 3.95. The number of benzene rings is 1. The van der Waals surface area contributed by atoms with Crippen molar-refractivity contribution in [2.45, 2.75) is 12.6 Å². The lowest BCUT2D eigenvalue weighted by Gasteiger charge is -2.23. The van der Waals surface area contributed by atoms with Gasteiger partial charge in [0.1, 0.15) is 5.76 Å². The van der Waals surface area contributed by atoms with Crippen LogP contribution in [0.25, 0.3) is 0 Å². The Bertz CT molecular complexity index is 631. The van der Waals surface area contributed by atoms with Crippen LogP contribution in [0.5, 0.6) is 0 Å². The van der Waals surface area contributed by atoms with Crippen LogP contribution < -0.4 is 10.6 Å². The molecule has 132 valence electrons. The van der Waals surface area contributed by atoms with Gasteiger partial charge in [-0.15, -0.1) is 24.0 Å². The quantitative estimate of drug-likeness (QED) is 0.392. The molecule has 0 fully saturated rings. The van der Waals surface area contributed by atoms with Crippen molar-refractivity contribution in [1.29, 1.82) is 0 Å². The number of nitrogens with zero attached hydrogens (tertiary/aromatic N) is 2. The molecule has 1 heterocycles. The first-order valence-electron chi connectivity index (χ1n) is 7.49. The standard InChI is InChI=1S/C17H23ClN4O.HI/c1-19-17(20-11-13-7-4-5-8-14(13)18)21-12-15(22(2)3)16-9-6-10-23-16;/h4-10,15H,11-12H2,1-3H3,(H2,19,20,21);1H. The highest BCUT2D eigenvalue weighted by Crippen LogP contribution is 2.17. The number of hydrogen-bond acceptors (Lipinski definition) is 3. The van der Waals surface area contributed by atoms with Gasteiger partial charge in [0.15, 0.2) is 5.96 Å². The first-order chi connectivity index (χ1) is 11.1. The largest absolute Gasteiger partial charge is 0.468 e. The molecule has 1 atom stereocenters. The molecule has 0 bridgehead atoms. The lowest BCUT2D eigenvalue weighted by Crippen LogP contribution is -2.41. The van der Waals surface area contributed by atoms with E-state index in [1.807, 2.05) is 50.5 Å². The van der Waals surface area contributed by atoms with E-state index in [0.717, 1.165) is 22.3 Å². The second-order valence-electron chi connectivity index (χ2n) is 5.39. The molecular weight excluding hydrogens is 439 g/mol. The Morgan fingerprint density at radius 2 is 1.96 bits per heavy atom. The summed E-state index contributed by atoms with van der Waals surface area (Å²) in [5.41, 5.74) is 1.03. The molecule has 2 aromatic rings. The van der Waals surface area contributed by atoms with E-state index in [4.69, 9.17) is 16.0 Å². The van der Waals surface area contributed by atoms with E-state index >= 15 is 0 Å². The maximum Gasteiger partial charge on any atom is 0.191 e. The van der Waals surface area contributed by atoms with Crippen LogP contribution >= 0.6 is 35.6 Å². The third-order valence-electron chi connectivity index (χ3n) is 3.59. The minimum Gasteiger partial charge on any atom is -0.468 e. The van der Waals surface area contributed by atoms with E-state index in [1.54, 1.807) is 13.3 Å². The van der Waals surface area contributed by atoms with Crippen LogP contribution in [-0.2, 0) is 6.54 Å².